The highest BCUT2D eigenvalue weighted by molar-refractivity contribution is 5.99. The van der Waals surface area contributed by atoms with Crippen molar-refractivity contribution in [2.24, 2.45) is 0 Å². The fourth-order valence-corrected chi connectivity index (χ4v) is 3.39. The summed E-state index contributed by atoms with van der Waals surface area (Å²) in [4.78, 5) is 23.2. The molecule has 1 N–H and O–H groups in total. The second kappa shape index (κ2) is 13.3. The van der Waals surface area contributed by atoms with E-state index in [0.29, 0.717) is 17.7 Å². The van der Waals surface area contributed by atoms with Crippen molar-refractivity contribution in [3.8, 4) is 0 Å². The molecule has 0 saturated carbocycles. The molecule has 0 aliphatic heterocycles. The van der Waals surface area contributed by atoms with Crippen molar-refractivity contribution in [1.82, 2.24) is 5.32 Å². The molecule has 0 aliphatic carbocycles. The second-order valence-corrected chi connectivity index (χ2v) is 7.50. The number of non-ortho nitro benzene ring substituents is 1. The van der Waals surface area contributed by atoms with Gasteiger partial charge in [-0.1, -0.05) is 94.3 Å². The molecule has 1 amide bonds. The molecule has 0 atom stereocenters. The zero-order valence-corrected chi connectivity index (χ0v) is 17.8. The highest BCUT2D eigenvalue weighted by atomic mass is 16.6. The number of unbranched alkanes of at least 4 members (excludes halogenated alkanes) is 7. The van der Waals surface area contributed by atoms with Crippen LogP contribution >= 0.6 is 0 Å². The Morgan fingerprint density at radius 3 is 2.20 bits per heavy atom. The van der Waals surface area contributed by atoms with Crippen LogP contribution in [0.1, 0.15) is 69.4 Å². The van der Waals surface area contributed by atoms with Gasteiger partial charge in [0.05, 0.1) is 4.92 Å². The largest absolute Gasteiger partial charge is 0.353 e. The first kappa shape index (κ1) is 23.3. The van der Waals surface area contributed by atoms with Crippen molar-refractivity contribution in [3.05, 3.63) is 81.9 Å². The van der Waals surface area contributed by atoms with Crippen LogP contribution in [-0.2, 0) is 4.79 Å². The van der Waals surface area contributed by atoms with Gasteiger partial charge >= 0.3 is 0 Å². The topological polar surface area (TPSA) is 72.2 Å². The maximum atomic E-state index is 12.5. The van der Waals surface area contributed by atoms with Gasteiger partial charge in [-0.2, -0.15) is 0 Å². The first-order valence-corrected chi connectivity index (χ1v) is 10.9. The van der Waals surface area contributed by atoms with E-state index in [0.717, 1.165) is 18.4 Å². The van der Waals surface area contributed by atoms with Crippen LogP contribution in [0.4, 0.5) is 5.69 Å². The lowest BCUT2D eigenvalue weighted by atomic mass is 9.97. The van der Waals surface area contributed by atoms with E-state index in [1.165, 1.54) is 50.7 Å². The first-order valence-electron chi connectivity index (χ1n) is 10.9. The lowest BCUT2D eigenvalue weighted by Crippen LogP contribution is -2.22. The summed E-state index contributed by atoms with van der Waals surface area (Å²) < 4.78 is 0. The number of nitro benzene ring substituents is 1. The van der Waals surface area contributed by atoms with Gasteiger partial charge in [-0.25, -0.2) is 0 Å². The van der Waals surface area contributed by atoms with Crippen LogP contribution in [0.15, 0.2) is 60.7 Å². The molecule has 0 saturated heterocycles. The number of hydrogen-bond acceptors (Lipinski definition) is 3. The average Bonchev–Trinajstić information content (AvgIpc) is 2.77. The highest BCUT2D eigenvalue weighted by Gasteiger charge is 2.12. The molecule has 0 radical (unpaired) electrons. The number of carbonyl (C=O) groups is 1. The molecule has 2 rings (SSSR count). The molecule has 5 nitrogen and oxygen atoms in total. The molecule has 0 fully saturated rings. The number of amides is 1. The number of nitrogens with zero attached hydrogens (tertiary/aromatic N) is 1. The van der Waals surface area contributed by atoms with Gasteiger partial charge in [0.25, 0.3) is 5.69 Å². The maximum absolute atomic E-state index is 12.5. The summed E-state index contributed by atoms with van der Waals surface area (Å²) in [5.74, 6) is -0.177. The lowest BCUT2D eigenvalue weighted by molar-refractivity contribution is -0.384. The molecule has 160 valence electrons. The van der Waals surface area contributed by atoms with Gasteiger partial charge in [0.2, 0.25) is 5.91 Å². The van der Waals surface area contributed by atoms with Gasteiger partial charge in [0.1, 0.15) is 0 Å². The van der Waals surface area contributed by atoms with Gasteiger partial charge in [-0.15, -0.1) is 0 Å². The van der Waals surface area contributed by atoms with Crippen LogP contribution in [0.3, 0.4) is 0 Å². The Balaban J connectivity index is 1.95. The van der Waals surface area contributed by atoms with Crippen molar-refractivity contribution < 1.29 is 9.72 Å². The van der Waals surface area contributed by atoms with E-state index >= 15 is 0 Å². The Kier molecular flexibility index (Phi) is 10.3. The number of hydrogen-bond donors (Lipinski definition) is 1. The minimum absolute atomic E-state index is 0.00803. The van der Waals surface area contributed by atoms with E-state index in [4.69, 9.17) is 0 Å². The molecule has 0 unspecified atom stereocenters. The quantitative estimate of drug-likeness (QED) is 0.183. The van der Waals surface area contributed by atoms with E-state index in [1.54, 1.807) is 18.2 Å². The molecule has 0 heterocycles. The molecule has 2 aromatic carbocycles. The Morgan fingerprint density at radius 2 is 1.53 bits per heavy atom. The van der Waals surface area contributed by atoms with Gasteiger partial charge in [0, 0.05) is 24.8 Å². The maximum Gasteiger partial charge on any atom is 0.270 e. The summed E-state index contributed by atoms with van der Waals surface area (Å²) >= 11 is 0. The third kappa shape index (κ3) is 8.19. The van der Waals surface area contributed by atoms with Crippen LogP contribution in [0.5, 0.6) is 0 Å². The van der Waals surface area contributed by atoms with Gasteiger partial charge < -0.3 is 5.32 Å². The molecule has 0 aromatic heterocycles. The van der Waals surface area contributed by atoms with Gasteiger partial charge in [0.15, 0.2) is 0 Å². The molecule has 0 spiro atoms. The van der Waals surface area contributed by atoms with Crippen molar-refractivity contribution in [3.63, 3.8) is 0 Å². The van der Waals surface area contributed by atoms with Crippen LogP contribution in [0, 0.1) is 10.1 Å². The zero-order valence-electron chi connectivity index (χ0n) is 17.8. The Morgan fingerprint density at radius 1 is 0.900 bits per heavy atom. The molecular formula is C25H32N2O3. The highest BCUT2D eigenvalue weighted by Crippen LogP contribution is 2.26. The summed E-state index contributed by atoms with van der Waals surface area (Å²) in [6, 6.07) is 15.9. The predicted octanol–water partition coefficient (Wildman–Crippen LogP) is 6.28. The fourth-order valence-electron chi connectivity index (χ4n) is 3.39. The minimum Gasteiger partial charge on any atom is -0.353 e. The molecule has 0 bridgehead atoms. The molecule has 0 aliphatic rings. The standard InChI is InChI=1S/C25H32N2O3/c1-2-3-4-5-6-7-8-12-18-26-25(28)20-24(21-14-10-9-11-15-21)22-16-13-17-23(19-22)27(29)30/h9-11,13-17,19-20H,2-8,12,18H2,1H3,(H,26,28)/b24-20-. The van der Waals surface area contributed by atoms with Gasteiger partial charge in [-0.3, -0.25) is 14.9 Å². The number of rotatable bonds is 13. The van der Waals surface area contributed by atoms with Crippen LogP contribution in [-0.4, -0.2) is 17.4 Å². The number of nitrogens with one attached hydrogen (secondary N) is 1. The molecule has 2 aromatic rings. The minimum atomic E-state index is -0.422. The van der Waals surface area contributed by atoms with Crippen molar-refractivity contribution >= 4 is 17.2 Å². The Hall–Kier alpha value is -2.95. The van der Waals surface area contributed by atoms with E-state index in [-0.39, 0.29) is 11.6 Å². The Bertz CT molecular complexity index is 831. The van der Waals surface area contributed by atoms with E-state index < -0.39 is 4.92 Å². The number of benzene rings is 2. The lowest BCUT2D eigenvalue weighted by Gasteiger charge is -2.09. The SMILES string of the molecule is CCCCCCCCCCNC(=O)/C=C(/c1ccccc1)c1cccc([N+](=O)[O-])c1. The van der Waals surface area contributed by atoms with Crippen molar-refractivity contribution in [2.45, 2.75) is 58.3 Å². The van der Waals surface area contributed by atoms with Crippen LogP contribution < -0.4 is 5.32 Å². The van der Waals surface area contributed by atoms with E-state index in [9.17, 15) is 14.9 Å². The van der Waals surface area contributed by atoms with Gasteiger partial charge in [-0.05, 0) is 23.1 Å². The summed E-state index contributed by atoms with van der Waals surface area (Å²) in [5, 5.41) is 14.1. The first-order chi connectivity index (χ1) is 14.6. The third-order valence-electron chi connectivity index (χ3n) is 5.06. The van der Waals surface area contributed by atoms with E-state index in [2.05, 4.69) is 12.2 Å². The Labute approximate surface area is 179 Å². The number of nitro groups is 1. The molecule has 5 heteroatoms. The predicted molar refractivity (Wildman–Crippen MR) is 122 cm³/mol. The van der Waals surface area contributed by atoms with E-state index in [1.807, 2.05) is 30.3 Å². The zero-order chi connectivity index (χ0) is 21.6. The summed E-state index contributed by atoms with van der Waals surface area (Å²) in [6.45, 7) is 2.86. The normalized spacial score (nSPS) is 11.3. The van der Waals surface area contributed by atoms with Crippen molar-refractivity contribution in [2.75, 3.05) is 6.54 Å². The smallest absolute Gasteiger partial charge is 0.270 e. The number of carbonyl (C=O) groups excluding carboxylic acids is 1. The average molecular weight is 409 g/mol. The monoisotopic (exact) mass is 408 g/mol. The van der Waals surface area contributed by atoms with Crippen LogP contribution in [0.2, 0.25) is 0 Å². The third-order valence-corrected chi connectivity index (χ3v) is 5.06. The summed E-state index contributed by atoms with van der Waals surface area (Å²) in [5.41, 5.74) is 2.18. The molecule has 30 heavy (non-hydrogen) atoms. The summed E-state index contributed by atoms with van der Waals surface area (Å²) in [7, 11) is 0. The fraction of sp³-hybridized carbons (Fsp3) is 0.400. The van der Waals surface area contributed by atoms with Crippen LogP contribution in [0.25, 0.3) is 5.57 Å². The molecular weight excluding hydrogens is 376 g/mol. The second-order valence-electron chi connectivity index (χ2n) is 7.50. The van der Waals surface area contributed by atoms with Crippen molar-refractivity contribution in [1.29, 1.82) is 0 Å². The summed E-state index contributed by atoms with van der Waals surface area (Å²) in [6.07, 6.45) is 11.3.